The largest absolute Gasteiger partial charge is 0.711 e. The van der Waals surface area contributed by atoms with Crippen molar-refractivity contribution in [3.8, 4) is 0 Å². The summed E-state index contributed by atoms with van der Waals surface area (Å²) >= 11 is 0. The quantitative estimate of drug-likeness (QED) is 0.551. The molecule has 0 radical (unpaired) electrons. The van der Waals surface area contributed by atoms with Crippen LogP contribution in [0.25, 0.3) is 11.0 Å². The maximum Gasteiger partial charge on any atom is 0.417 e. The van der Waals surface area contributed by atoms with E-state index in [1.54, 1.807) is 43.5 Å². The fourth-order valence-electron chi connectivity index (χ4n) is 2.84. The first-order valence-electron chi connectivity index (χ1n) is 7.47. The summed E-state index contributed by atoms with van der Waals surface area (Å²) in [4.78, 5) is 26.0. The summed E-state index contributed by atoms with van der Waals surface area (Å²) < 4.78 is 7.73. The second-order valence-corrected chi connectivity index (χ2v) is 6.76. The Kier molecular flexibility index (Phi) is 3.31. The fraction of sp³-hybridized carbons (Fsp3) is 0.438. The van der Waals surface area contributed by atoms with Crippen LogP contribution >= 0.6 is 0 Å². The van der Waals surface area contributed by atoms with Gasteiger partial charge in [-0.05, 0) is 39.8 Å². The number of pyridine rings is 1. The Morgan fingerprint density at radius 1 is 1.43 bits per heavy atom. The molecule has 0 fully saturated rings. The van der Waals surface area contributed by atoms with Gasteiger partial charge in [0.1, 0.15) is 11.6 Å². The Balaban J connectivity index is 2.05. The van der Waals surface area contributed by atoms with Crippen LogP contribution in [0.1, 0.15) is 44.2 Å². The van der Waals surface area contributed by atoms with E-state index in [2.05, 4.69) is 0 Å². The molecule has 2 amide bonds. The van der Waals surface area contributed by atoms with E-state index in [0.717, 1.165) is 9.63 Å². The molecular weight excluding hydrogens is 298 g/mol. The predicted octanol–water partition coefficient (Wildman–Crippen LogP) is 2.23. The molecule has 7 heteroatoms. The third-order valence-corrected chi connectivity index (χ3v) is 3.71. The number of aromatic nitrogens is 2. The van der Waals surface area contributed by atoms with Crippen molar-refractivity contribution in [2.45, 2.75) is 39.3 Å². The maximum atomic E-state index is 12.7. The molecule has 0 aliphatic carbocycles. The van der Waals surface area contributed by atoms with Crippen molar-refractivity contribution < 1.29 is 19.1 Å². The molecule has 0 spiro atoms. The Bertz CT molecular complexity index is 803. The number of fused-ring (bicyclic) bond motifs is 3. The van der Waals surface area contributed by atoms with Crippen LogP contribution in [0.2, 0.25) is 0 Å². The highest BCUT2D eigenvalue weighted by molar-refractivity contribution is 6.05. The molecule has 122 valence electrons. The standard InChI is InChI=1S/C16H19N3O4/c1-10-9-17(15(21)23-16(2,3)4)14(20)12-8-11-6-5-7-18(22)13(11)19(10)12/h5-8,10H,9H2,1-4H3/t10-/m1/s1. The number of ether oxygens (including phenoxy) is 1. The lowest BCUT2D eigenvalue weighted by atomic mass is 10.2. The predicted molar refractivity (Wildman–Crippen MR) is 82.9 cm³/mol. The lowest BCUT2D eigenvalue weighted by molar-refractivity contribution is -0.580. The Labute approximate surface area is 133 Å². The average molecular weight is 317 g/mol. The molecule has 3 heterocycles. The molecule has 1 aliphatic rings. The van der Waals surface area contributed by atoms with Gasteiger partial charge in [0.2, 0.25) is 0 Å². The second-order valence-electron chi connectivity index (χ2n) is 6.76. The number of hydrogen-bond acceptors (Lipinski definition) is 4. The van der Waals surface area contributed by atoms with Crippen LogP contribution < -0.4 is 4.73 Å². The minimum absolute atomic E-state index is 0.166. The molecule has 0 saturated heterocycles. The number of carbonyl (C=O) groups excluding carboxylic acids is 2. The lowest BCUT2D eigenvalue weighted by Gasteiger charge is -2.30. The minimum atomic E-state index is -0.678. The first-order valence-corrected chi connectivity index (χ1v) is 7.47. The number of carbonyl (C=O) groups is 2. The van der Waals surface area contributed by atoms with E-state index < -0.39 is 17.6 Å². The van der Waals surface area contributed by atoms with E-state index in [1.165, 1.54) is 6.20 Å². The third kappa shape index (κ3) is 2.52. The van der Waals surface area contributed by atoms with E-state index in [0.29, 0.717) is 16.7 Å². The zero-order valence-corrected chi connectivity index (χ0v) is 13.6. The van der Waals surface area contributed by atoms with Crippen LogP contribution in [0.5, 0.6) is 0 Å². The summed E-state index contributed by atoms with van der Waals surface area (Å²) in [6.07, 6.45) is 0.730. The van der Waals surface area contributed by atoms with Gasteiger partial charge in [0.15, 0.2) is 5.69 Å². The molecular formula is C16H19N3O4. The van der Waals surface area contributed by atoms with Crippen molar-refractivity contribution in [3.05, 3.63) is 35.3 Å². The number of hydrogen-bond donors (Lipinski definition) is 0. The lowest BCUT2D eigenvalue weighted by Crippen LogP contribution is -2.48. The van der Waals surface area contributed by atoms with Crippen LogP contribution in [-0.2, 0) is 4.74 Å². The molecule has 1 atom stereocenters. The van der Waals surface area contributed by atoms with Gasteiger partial charge in [-0.3, -0.25) is 4.79 Å². The molecule has 0 saturated carbocycles. The van der Waals surface area contributed by atoms with E-state index >= 15 is 0 Å². The van der Waals surface area contributed by atoms with E-state index in [-0.39, 0.29) is 12.6 Å². The molecule has 1 aliphatic heterocycles. The van der Waals surface area contributed by atoms with Gasteiger partial charge in [-0.15, -0.1) is 0 Å². The molecule has 3 rings (SSSR count). The first kappa shape index (κ1) is 15.3. The second kappa shape index (κ2) is 4.97. The highest BCUT2D eigenvalue weighted by Gasteiger charge is 2.40. The molecule has 2 aromatic heterocycles. The van der Waals surface area contributed by atoms with Crippen LogP contribution in [0, 0.1) is 5.21 Å². The number of amides is 2. The molecule has 7 nitrogen and oxygen atoms in total. The van der Waals surface area contributed by atoms with Gasteiger partial charge in [0.25, 0.3) is 5.65 Å². The smallest absolute Gasteiger partial charge is 0.417 e. The monoisotopic (exact) mass is 317 g/mol. The molecule has 0 N–H and O–H groups in total. The number of rotatable bonds is 0. The summed E-state index contributed by atoms with van der Waals surface area (Å²) in [6, 6.07) is 4.82. The average Bonchev–Trinajstić information content (AvgIpc) is 2.82. The maximum absolute atomic E-state index is 12.7. The SMILES string of the molecule is C[C@@H]1CN(C(=O)OC(C)(C)C)C(=O)c2cc3ccc[n+]([O-])c3n21. The van der Waals surface area contributed by atoms with Gasteiger partial charge in [-0.1, -0.05) is 0 Å². The van der Waals surface area contributed by atoms with Crippen molar-refractivity contribution in [1.29, 1.82) is 0 Å². The molecule has 0 bridgehead atoms. The van der Waals surface area contributed by atoms with Gasteiger partial charge >= 0.3 is 12.0 Å². The van der Waals surface area contributed by atoms with Crippen LogP contribution in [0.3, 0.4) is 0 Å². The van der Waals surface area contributed by atoms with Crippen molar-refractivity contribution in [2.24, 2.45) is 0 Å². The summed E-state index contributed by atoms with van der Waals surface area (Å²) in [6.45, 7) is 7.28. The van der Waals surface area contributed by atoms with Crippen molar-refractivity contribution in [2.75, 3.05) is 6.54 Å². The summed E-state index contributed by atoms with van der Waals surface area (Å²) in [5.41, 5.74) is 0.0654. The Morgan fingerprint density at radius 3 is 2.78 bits per heavy atom. The molecule has 2 aromatic rings. The zero-order chi connectivity index (χ0) is 16.9. The van der Waals surface area contributed by atoms with E-state index in [4.69, 9.17) is 4.74 Å². The van der Waals surface area contributed by atoms with Gasteiger partial charge in [0.05, 0.1) is 18.1 Å². The topological polar surface area (TPSA) is 78.5 Å². The minimum Gasteiger partial charge on any atom is -0.711 e. The summed E-state index contributed by atoms with van der Waals surface area (Å²) in [5.74, 6) is -0.450. The molecule has 23 heavy (non-hydrogen) atoms. The summed E-state index contributed by atoms with van der Waals surface area (Å²) in [5, 5.41) is 12.7. The Morgan fingerprint density at radius 2 is 2.13 bits per heavy atom. The van der Waals surface area contributed by atoms with Gasteiger partial charge in [0, 0.05) is 6.07 Å². The van der Waals surface area contributed by atoms with E-state index in [1.807, 2.05) is 6.92 Å². The van der Waals surface area contributed by atoms with Gasteiger partial charge in [-0.2, -0.15) is 0 Å². The molecule has 0 aromatic carbocycles. The summed E-state index contributed by atoms with van der Waals surface area (Å²) in [7, 11) is 0. The first-order chi connectivity index (χ1) is 10.7. The van der Waals surface area contributed by atoms with Crippen LogP contribution in [0.4, 0.5) is 4.79 Å². The van der Waals surface area contributed by atoms with Crippen LogP contribution in [0.15, 0.2) is 24.4 Å². The van der Waals surface area contributed by atoms with Crippen molar-refractivity contribution in [1.82, 2.24) is 9.47 Å². The number of nitrogens with zero attached hydrogens (tertiary/aromatic N) is 3. The van der Waals surface area contributed by atoms with Crippen LogP contribution in [-0.4, -0.2) is 33.6 Å². The fourth-order valence-corrected chi connectivity index (χ4v) is 2.84. The molecule has 0 unspecified atom stereocenters. The van der Waals surface area contributed by atoms with Crippen molar-refractivity contribution >= 4 is 23.0 Å². The van der Waals surface area contributed by atoms with Crippen molar-refractivity contribution in [3.63, 3.8) is 0 Å². The zero-order valence-electron chi connectivity index (χ0n) is 13.6. The Hall–Kier alpha value is -2.57. The normalized spacial score (nSPS) is 18.2. The van der Waals surface area contributed by atoms with Gasteiger partial charge < -0.3 is 9.94 Å². The number of imide groups is 1. The van der Waals surface area contributed by atoms with Gasteiger partial charge in [-0.25, -0.2) is 19.0 Å². The van der Waals surface area contributed by atoms with E-state index in [9.17, 15) is 14.8 Å². The highest BCUT2D eigenvalue weighted by atomic mass is 16.6. The third-order valence-electron chi connectivity index (χ3n) is 3.71. The highest BCUT2D eigenvalue weighted by Crippen LogP contribution is 2.28.